The normalized spacial score (nSPS) is 59.2. The molecular formula is C28H30O10. The number of aliphatic hydroxyl groups is 2. The fraction of sp³-hybridized carbons (Fsp3) is 0.714. The molecule has 0 aromatic heterocycles. The number of ether oxygens (including phenoxy) is 4. The van der Waals surface area contributed by atoms with Crippen molar-refractivity contribution in [2.24, 2.45) is 34.5 Å². The van der Waals surface area contributed by atoms with Gasteiger partial charge in [0.15, 0.2) is 28.4 Å². The molecule has 2 N–H and O–H groups in total. The summed E-state index contributed by atoms with van der Waals surface area (Å²) in [7, 11) is 0. The van der Waals surface area contributed by atoms with Gasteiger partial charge in [0.2, 0.25) is 5.79 Å². The molecule has 0 aromatic rings. The van der Waals surface area contributed by atoms with Gasteiger partial charge in [0.1, 0.15) is 6.10 Å². The molecule has 0 amide bonds. The highest BCUT2D eigenvalue weighted by Crippen LogP contribution is 2.75. The Labute approximate surface area is 218 Å². The Balaban J connectivity index is 1.43. The van der Waals surface area contributed by atoms with Gasteiger partial charge in [0.25, 0.3) is 0 Å². The number of Topliss-reactive ketones (excluding diaryl/α,β-unsaturated/α-hetero) is 1. The molecule has 10 heteroatoms. The zero-order chi connectivity index (χ0) is 26.8. The third-order valence-electron chi connectivity index (χ3n) is 12.0. The fourth-order valence-electron chi connectivity index (χ4n) is 10.1. The molecule has 0 radical (unpaired) electrons. The molecule has 5 saturated heterocycles. The molecule has 202 valence electrons. The number of allylic oxidation sites excluding steroid dienone is 3. The third-order valence-corrected chi connectivity index (χ3v) is 12.0. The second-order valence-electron chi connectivity index (χ2n) is 13.2. The minimum Gasteiger partial charge on any atom is -0.458 e. The van der Waals surface area contributed by atoms with Crippen molar-refractivity contribution in [1.82, 2.24) is 0 Å². The van der Waals surface area contributed by atoms with Crippen molar-refractivity contribution in [2.75, 3.05) is 6.61 Å². The first-order valence-electron chi connectivity index (χ1n) is 13.5. The van der Waals surface area contributed by atoms with Crippen LogP contribution in [0.2, 0.25) is 0 Å². The van der Waals surface area contributed by atoms with Gasteiger partial charge in [-0.3, -0.25) is 14.4 Å². The van der Waals surface area contributed by atoms with E-state index in [-0.39, 0.29) is 38.1 Å². The van der Waals surface area contributed by atoms with Crippen LogP contribution in [0.3, 0.4) is 0 Å². The van der Waals surface area contributed by atoms with Gasteiger partial charge in [-0.25, -0.2) is 4.79 Å². The van der Waals surface area contributed by atoms with Gasteiger partial charge in [-0.2, -0.15) is 0 Å². The summed E-state index contributed by atoms with van der Waals surface area (Å²) in [5.41, 5.74) is -7.44. The molecule has 2 saturated carbocycles. The lowest BCUT2D eigenvalue weighted by Crippen LogP contribution is -2.79. The van der Waals surface area contributed by atoms with Crippen molar-refractivity contribution in [1.29, 1.82) is 0 Å². The lowest BCUT2D eigenvalue weighted by molar-refractivity contribution is -0.376. The predicted octanol–water partition coefficient (Wildman–Crippen LogP) is 0.528. The van der Waals surface area contributed by atoms with E-state index in [2.05, 4.69) is 0 Å². The minimum atomic E-state index is -2.24. The van der Waals surface area contributed by atoms with Crippen molar-refractivity contribution < 1.29 is 48.3 Å². The summed E-state index contributed by atoms with van der Waals surface area (Å²) in [5, 5.41) is 23.7. The molecule has 38 heavy (non-hydrogen) atoms. The summed E-state index contributed by atoms with van der Waals surface area (Å²) < 4.78 is 25.0. The van der Waals surface area contributed by atoms with Crippen molar-refractivity contribution in [3.63, 3.8) is 0 Å². The number of carbonyl (C=O) groups excluding carboxylic acids is 4. The SMILES string of the molecule is C[C@]12C(=O)C=CC=C1[C@H](O)C[C@@H]1[C@@H]2CC[C@@]2(O)C(=O)O[C@@]3(C)[C@H]4C[C@]5(C)[C@@H](CO[C@]16O[C@]23[C@H]5C6=O)C(=O)O4. The Morgan fingerprint density at radius 2 is 1.84 bits per heavy atom. The van der Waals surface area contributed by atoms with Crippen LogP contribution in [0.1, 0.15) is 46.5 Å². The Kier molecular flexibility index (Phi) is 3.91. The van der Waals surface area contributed by atoms with E-state index in [4.69, 9.17) is 18.9 Å². The maximum Gasteiger partial charge on any atom is 0.342 e. The molecule has 0 unspecified atom stereocenters. The number of carbonyl (C=O) groups is 4. The monoisotopic (exact) mass is 526 g/mol. The van der Waals surface area contributed by atoms with Gasteiger partial charge < -0.3 is 29.2 Å². The highest BCUT2D eigenvalue weighted by Gasteiger charge is 2.93. The zero-order valence-electron chi connectivity index (χ0n) is 21.4. The molecule has 8 aliphatic rings. The second kappa shape index (κ2) is 6.32. The molecule has 2 spiro atoms. The van der Waals surface area contributed by atoms with Crippen molar-refractivity contribution >= 4 is 23.5 Å². The zero-order valence-corrected chi connectivity index (χ0v) is 21.4. The Morgan fingerprint density at radius 3 is 2.61 bits per heavy atom. The first-order chi connectivity index (χ1) is 17.8. The summed E-state index contributed by atoms with van der Waals surface area (Å²) in [4.78, 5) is 55.3. The van der Waals surface area contributed by atoms with Gasteiger partial charge >= 0.3 is 11.9 Å². The molecule has 3 aliphatic carbocycles. The molecule has 12 atom stereocenters. The van der Waals surface area contributed by atoms with E-state index >= 15 is 0 Å². The Morgan fingerprint density at radius 1 is 1.08 bits per heavy atom. The van der Waals surface area contributed by atoms with Crippen LogP contribution in [-0.4, -0.2) is 75.1 Å². The number of aliphatic hydroxyl groups excluding tert-OH is 1. The Hall–Kier alpha value is -2.40. The van der Waals surface area contributed by atoms with Gasteiger partial charge in [-0.05, 0) is 62.5 Å². The van der Waals surface area contributed by atoms with Crippen LogP contribution in [-0.2, 0) is 38.1 Å². The quantitative estimate of drug-likeness (QED) is 0.429. The van der Waals surface area contributed by atoms with E-state index in [1.54, 1.807) is 26.0 Å². The van der Waals surface area contributed by atoms with Gasteiger partial charge in [0, 0.05) is 5.92 Å². The molecule has 5 aliphatic heterocycles. The van der Waals surface area contributed by atoms with E-state index in [1.807, 2.05) is 6.92 Å². The first kappa shape index (κ1) is 23.5. The van der Waals surface area contributed by atoms with Crippen molar-refractivity contribution in [2.45, 2.75) is 81.3 Å². The summed E-state index contributed by atoms with van der Waals surface area (Å²) in [6, 6.07) is 0. The van der Waals surface area contributed by atoms with Gasteiger partial charge in [0.05, 0.1) is 30.0 Å². The van der Waals surface area contributed by atoms with Crippen LogP contribution in [0.25, 0.3) is 0 Å². The predicted molar refractivity (Wildman–Crippen MR) is 124 cm³/mol. The molecular weight excluding hydrogens is 496 g/mol. The largest absolute Gasteiger partial charge is 0.458 e. The average Bonchev–Trinajstić information content (AvgIpc) is 3.17. The first-order valence-corrected chi connectivity index (χ1v) is 13.5. The van der Waals surface area contributed by atoms with Crippen LogP contribution in [0, 0.1) is 34.5 Å². The van der Waals surface area contributed by atoms with Crippen LogP contribution < -0.4 is 0 Å². The molecule has 5 bridgehead atoms. The third kappa shape index (κ3) is 2.00. The topological polar surface area (TPSA) is 146 Å². The lowest BCUT2D eigenvalue weighted by Gasteiger charge is -2.63. The van der Waals surface area contributed by atoms with Crippen molar-refractivity contribution in [3.05, 3.63) is 23.8 Å². The average molecular weight is 527 g/mol. The number of fused-ring (bicyclic) bond motifs is 5. The van der Waals surface area contributed by atoms with E-state index in [9.17, 15) is 29.4 Å². The Bertz CT molecular complexity index is 1330. The molecule has 0 aromatic carbocycles. The van der Waals surface area contributed by atoms with E-state index < -0.39 is 87.0 Å². The summed E-state index contributed by atoms with van der Waals surface area (Å²) >= 11 is 0. The summed E-state index contributed by atoms with van der Waals surface area (Å²) in [6.07, 6.45) is 3.22. The molecule has 10 nitrogen and oxygen atoms in total. The smallest absolute Gasteiger partial charge is 0.342 e. The second-order valence-corrected chi connectivity index (χ2v) is 13.2. The van der Waals surface area contributed by atoms with Gasteiger partial charge in [-0.1, -0.05) is 19.1 Å². The van der Waals surface area contributed by atoms with E-state index in [1.165, 1.54) is 6.08 Å². The highest BCUT2D eigenvalue weighted by atomic mass is 16.8. The van der Waals surface area contributed by atoms with Crippen LogP contribution in [0.4, 0.5) is 0 Å². The minimum absolute atomic E-state index is 0.0843. The number of ketones is 2. The van der Waals surface area contributed by atoms with E-state index in [0.29, 0.717) is 5.57 Å². The van der Waals surface area contributed by atoms with Gasteiger partial charge in [-0.15, -0.1) is 0 Å². The fourth-order valence-corrected chi connectivity index (χ4v) is 10.1. The lowest BCUT2D eigenvalue weighted by atomic mass is 9.46. The number of hydrogen-bond donors (Lipinski definition) is 2. The number of esters is 2. The molecule has 8 rings (SSSR count). The van der Waals surface area contributed by atoms with Crippen molar-refractivity contribution in [3.8, 4) is 0 Å². The maximum absolute atomic E-state index is 14.9. The van der Waals surface area contributed by atoms with Crippen LogP contribution >= 0.6 is 0 Å². The molecule has 5 heterocycles. The number of rotatable bonds is 0. The van der Waals surface area contributed by atoms with E-state index in [0.717, 1.165) is 0 Å². The maximum atomic E-state index is 14.9. The number of hydrogen-bond acceptors (Lipinski definition) is 10. The van der Waals surface area contributed by atoms with Crippen LogP contribution in [0.15, 0.2) is 23.8 Å². The van der Waals surface area contributed by atoms with Crippen LogP contribution in [0.5, 0.6) is 0 Å². The summed E-state index contributed by atoms with van der Waals surface area (Å²) in [6.45, 7) is 4.98. The standard InChI is InChI=1S/C28H30O10/c1-23-10-18-25(3)28-19(23)20(31)27(38-28,35-11-15(23)21(32)36-18)14-9-16(29)13-5-4-6-17(30)24(13,2)12(14)7-8-26(28,34)22(33)37-25/h4-6,12,14-16,18-19,29,34H,7-11H2,1-3H3/t12-,14+,15-,16+,18+,19-,23+,24+,25-,26+,27-,28-/m0/s1. The highest BCUT2D eigenvalue weighted by molar-refractivity contribution is 6.01. The molecule has 7 fully saturated rings. The summed E-state index contributed by atoms with van der Waals surface area (Å²) in [5.74, 6) is -7.45.